The number of nitrogens with two attached hydrogens (primary N) is 1. The molecular formula is C20H29N. The zero-order valence-electron chi connectivity index (χ0n) is 14.4. The summed E-state index contributed by atoms with van der Waals surface area (Å²) < 4.78 is 0. The third-order valence-corrected chi connectivity index (χ3v) is 4.70. The minimum atomic E-state index is -0.00359. The first-order chi connectivity index (χ1) is 9.64. The molecule has 0 aliphatic heterocycles. The van der Waals surface area contributed by atoms with Gasteiger partial charge in [-0.3, -0.25) is 0 Å². The van der Waals surface area contributed by atoms with Crippen molar-refractivity contribution in [3.8, 4) is 0 Å². The van der Waals surface area contributed by atoms with Gasteiger partial charge in [0.25, 0.3) is 0 Å². The summed E-state index contributed by atoms with van der Waals surface area (Å²) in [4.78, 5) is 0. The van der Waals surface area contributed by atoms with Gasteiger partial charge >= 0.3 is 0 Å². The zero-order valence-corrected chi connectivity index (χ0v) is 14.4. The van der Waals surface area contributed by atoms with Crippen molar-refractivity contribution in [2.75, 3.05) is 5.73 Å². The molecule has 0 saturated heterocycles. The molecular weight excluding hydrogens is 254 g/mol. The monoisotopic (exact) mass is 283 g/mol. The number of rotatable bonds is 2. The Kier molecular flexibility index (Phi) is 4.06. The predicted octanol–water partition coefficient (Wildman–Crippen LogP) is 5.43. The Morgan fingerprint density at radius 3 is 2.19 bits per heavy atom. The van der Waals surface area contributed by atoms with Crippen molar-refractivity contribution in [3.05, 3.63) is 52.6 Å². The van der Waals surface area contributed by atoms with Gasteiger partial charge in [-0.15, -0.1) is 0 Å². The lowest BCUT2D eigenvalue weighted by molar-refractivity contribution is 0.580. The average Bonchev–Trinajstić information content (AvgIpc) is 2.41. The van der Waals surface area contributed by atoms with Gasteiger partial charge in [0, 0.05) is 11.1 Å². The first kappa shape index (κ1) is 15.9. The average molecular weight is 283 g/mol. The van der Waals surface area contributed by atoms with Crippen molar-refractivity contribution in [2.45, 2.75) is 65.2 Å². The summed E-state index contributed by atoms with van der Waals surface area (Å²) in [6.45, 7) is 13.5. The minimum Gasteiger partial charge on any atom is -0.398 e. The normalized spacial score (nSPS) is 16.0. The van der Waals surface area contributed by atoms with Gasteiger partial charge in [0.2, 0.25) is 0 Å². The number of hydrogen-bond donors (Lipinski definition) is 1. The Morgan fingerprint density at radius 1 is 1.00 bits per heavy atom. The molecule has 21 heavy (non-hydrogen) atoms. The van der Waals surface area contributed by atoms with Crippen LogP contribution < -0.4 is 5.73 Å². The maximum Gasteiger partial charge on any atom is 0.0349 e. The van der Waals surface area contributed by atoms with E-state index in [-0.39, 0.29) is 10.8 Å². The maximum atomic E-state index is 6.31. The molecule has 114 valence electrons. The Balaban J connectivity index is 2.59. The van der Waals surface area contributed by atoms with Crippen LogP contribution in [-0.4, -0.2) is 0 Å². The summed E-state index contributed by atoms with van der Waals surface area (Å²) in [6.07, 6.45) is 9.23. The molecule has 1 nitrogen and oxygen atoms in total. The molecule has 0 unspecified atom stereocenters. The van der Waals surface area contributed by atoms with Gasteiger partial charge in [-0.05, 0) is 53.5 Å². The summed E-state index contributed by atoms with van der Waals surface area (Å²) >= 11 is 0. The molecule has 0 atom stereocenters. The number of hydrogen-bond acceptors (Lipinski definition) is 1. The lowest BCUT2D eigenvalue weighted by Crippen LogP contribution is -2.24. The summed E-state index contributed by atoms with van der Waals surface area (Å²) in [5.74, 6) is 0. The number of benzene rings is 1. The highest BCUT2D eigenvalue weighted by Gasteiger charge is 2.29. The van der Waals surface area contributed by atoms with Gasteiger partial charge in [-0.1, -0.05) is 58.9 Å². The topological polar surface area (TPSA) is 26.0 Å². The van der Waals surface area contributed by atoms with Gasteiger partial charge in [0.15, 0.2) is 0 Å². The van der Waals surface area contributed by atoms with Crippen LogP contribution in [-0.2, 0) is 10.8 Å². The fourth-order valence-corrected chi connectivity index (χ4v) is 3.05. The van der Waals surface area contributed by atoms with E-state index >= 15 is 0 Å². The molecule has 1 aliphatic carbocycles. The van der Waals surface area contributed by atoms with Crippen LogP contribution in [0, 0.1) is 6.92 Å². The van der Waals surface area contributed by atoms with Crippen LogP contribution in [0.3, 0.4) is 0 Å². The van der Waals surface area contributed by atoms with Crippen molar-refractivity contribution in [2.24, 2.45) is 0 Å². The van der Waals surface area contributed by atoms with Crippen molar-refractivity contribution >= 4 is 5.69 Å². The third-order valence-electron chi connectivity index (χ3n) is 4.70. The molecule has 1 aromatic carbocycles. The zero-order chi connectivity index (χ0) is 15.8. The Hall–Kier alpha value is -1.50. The number of anilines is 1. The van der Waals surface area contributed by atoms with Gasteiger partial charge < -0.3 is 5.73 Å². The molecule has 0 spiro atoms. The highest BCUT2D eigenvalue weighted by atomic mass is 14.6. The minimum absolute atomic E-state index is 0.00359. The van der Waals surface area contributed by atoms with E-state index in [4.69, 9.17) is 5.73 Å². The van der Waals surface area contributed by atoms with Crippen molar-refractivity contribution in [1.82, 2.24) is 0 Å². The maximum absolute atomic E-state index is 6.31. The standard InChI is InChI=1S/C20H29N/c1-14-17(12-16(13-18(14)21)19(2,3)4)20(5,6)15-10-8-7-9-11-15/h8,10-13H,7,9,21H2,1-6H3. The molecule has 1 aliphatic rings. The largest absolute Gasteiger partial charge is 0.398 e. The van der Waals surface area contributed by atoms with Crippen molar-refractivity contribution in [3.63, 3.8) is 0 Å². The summed E-state index contributed by atoms with van der Waals surface area (Å²) in [6, 6.07) is 4.50. The van der Waals surface area contributed by atoms with Gasteiger partial charge in [0.05, 0.1) is 0 Å². The van der Waals surface area contributed by atoms with Crippen LogP contribution in [0.2, 0.25) is 0 Å². The molecule has 0 bridgehead atoms. The van der Waals surface area contributed by atoms with E-state index in [1.54, 1.807) is 0 Å². The highest BCUT2D eigenvalue weighted by Crippen LogP contribution is 2.40. The van der Waals surface area contributed by atoms with Crippen LogP contribution in [0.25, 0.3) is 0 Å². The molecule has 1 heteroatoms. The number of nitrogen functional groups attached to an aromatic ring is 1. The summed E-state index contributed by atoms with van der Waals surface area (Å²) in [5, 5.41) is 0. The molecule has 0 aromatic heterocycles. The fraction of sp³-hybridized carbons (Fsp3) is 0.500. The van der Waals surface area contributed by atoms with E-state index in [2.05, 4.69) is 71.9 Å². The van der Waals surface area contributed by atoms with Crippen LogP contribution >= 0.6 is 0 Å². The Labute approximate surface area is 129 Å². The van der Waals surface area contributed by atoms with Crippen LogP contribution in [0.1, 0.15) is 64.2 Å². The van der Waals surface area contributed by atoms with E-state index < -0.39 is 0 Å². The van der Waals surface area contributed by atoms with Gasteiger partial charge in [-0.2, -0.15) is 0 Å². The molecule has 2 rings (SSSR count). The third kappa shape index (κ3) is 3.07. The van der Waals surface area contributed by atoms with Crippen LogP contribution in [0.4, 0.5) is 5.69 Å². The summed E-state index contributed by atoms with van der Waals surface area (Å²) in [5.41, 5.74) is 12.6. The Morgan fingerprint density at radius 2 is 1.67 bits per heavy atom. The molecule has 1 aromatic rings. The molecule has 2 N–H and O–H groups in total. The van der Waals surface area contributed by atoms with E-state index in [0.717, 1.165) is 18.5 Å². The highest BCUT2D eigenvalue weighted by molar-refractivity contribution is 5.58. The molecule has 0 radical (unpaired) electrons. The lowest BCUT2D eigenvalue weighted by atomic mass is 9.72. The molecule has 0 amide bonds. The van der Waals surface area contributed by atoms with E-state index in [1.807, 2.05) is 0 Å². The van der Waals surface area contributed by atoms with E-state index in [1.165, 1.54) is 22.3 Å². The Bertz CT molecular complexity index is 595. The van der Waals surface area contributed by atoms with Crippen molar-refractivity contribution < 1.29 is 0 Å². The summed E-state index contributed by atoms with van der Waals surface area (Å²) in [7, 11) is 0. The number of allylic oxidation sites excluding steroid dienone is 4. The SMILES string of the molecule is Cc1c(N)cc(C(C)(C)C)cc1C(C)(C)C1=CCCC=C1. The fourth-order valence-electron chi connectivity index (χ4n) is 3.05. The van der Waals surface area contributed by atoms with E-state index in [0.29, 0.717) is 0 Å². The first-order valence-electron chi connectivity index (χ1n) is 7.92. The van der Waals surface area contributed by atoms with Crippen LogP contribution in [0.15, 0.2) is 35.9 Å². The van der Waals surface area contributed by atoms with Gasteiger partial charge in [0.1, 0.15) is 0 Å². The van der Waals surface area contributed by atoms with E-state index in [9.17, 15) is 0 Å². The lowest BCUT2D eigenvalue weighted by Gasteiger charge is -2.33. The van der Waals surface area contributed by atoms with Gasteiger partial charge in [-0.25, -0.2) is 0 Å². The second-order valence-electron chi connectivity index (χ2n) is 7.75. The van der Waals surface area contributed by atoms with Crippen LogP contribution in [0.5, 0.6) is 0 Å². The first-order valence-corrected chi connectivity index (χ1v) is 7.92. The molecule has 0 heterocycles. The predicted molar refractivity (Wildman–Crippen MR) is 93.8 cm³/mol. The van der Waals surface area contributed by atoms with Crippen molar-refractivity contribution in [1.29, 1.82) is 0 Å². The molecule has 0 saturated carbocycles. The smallest absolute Gasteiger partial charge is 0.0349 e. The molecule has 0 fully saturated rings. The second kappa shape index (κ2) is 5.36. The second-order valence-corrected chi connectivity index (χ2v) is 7.75. The quantitative estimate of drug-likeness (QED) is 0.720.